The second-order valence-electron chi connectivity index (χ2n) is 4.40. The molecule has 0 unspecified atom stereocenters. The van der Waals surface area contributed by atoms with Crippen LogP contribution in [0.2, 0.25) is 0 Å². The average Bonchev–Trinajstić information content (AvgIpc) is 2.42. The molecule has 0 saturated carbocycles. The van der Waals surface area contributed by atoms with E-state index in [1.807, 2.05) is 13.0 Å². The fourth-order valence-electron chi connectivity index (χ4n) is 1.79. The number of carbonyl (C=O) groups is 2. The van der Waals surface area contributed by atoms with E-state index in [-0.39, 0.29) is 12.5 Å². The molecular formula is C14H20N2O3. The van der Waals surface area contributed by atoms with Crippen molar-refractivity contribution in [3.05, 3.63) is 30.3 Å². The molecule has 0 aliphatic rings. The number of nitrogens with two attached hydrogens (primary N) is 1. The highest BCUT2D eigenvalue weighted by atomic mass is 16.4. The first kappa shape index (κ1) is 15.2. The smallest absolute Gasteiger partial charge is 0.323 e. The largest absolute Gasteiger partial charge is 0.480 e. The number of benzene rings is 1. The van der Waals surface area contributed by atoms with Gasteiger partial charge in [-0.2, -0.15) is 0 Å². The van der Waals surface area contributed by atoms with Crippen molar-refractivity contribution in [2.75, 3.05) is 11.4 Å². The molecule has 19 heavy (non-hydrogen) atoms. The van der Waals surface area contributed by atoms with Gasteiger partial charge in [0.2, 0.25) is 5.91 Å². The maximum Gasteiger partial charge on any atom is 0.323 e. The van der Waals surface area contributed by atoms with E-state index in [0.29, 0.717) is 12.1 Å². The molecule has 0 spiro atoms. The summed E-state index contributed by atoms with van der Waals surface area (Å²) in [7, 11) is 0. The lowest BCUT2D eigenvalue weighted by atomic mass is 10.1. The van der Waals surface area contributed by atoms with Crippen molar-refractivity contribution in [1.29, 1.82) is 0 Å². The number of aliphatic carboxylic acids is 1. The van der Waals surface area contributed by atoms with Crippen molar-refractivity contribution >= 4 is 17.6 Å². The SMILES string of the molecule is CCCC[C@H](N)C(=O)N(CC(=O)O)c1ccccc1. The Balaban J connectivity index is 2.85. The van der Waals surface area contributed by atoms with Gasteiger partial charge in [0.05, 0.1) is 6.04 Å². The zero-order chi connectivity index (χ0) is 14.3. The summed E-state index contributed by atoms with van der Waals surface area (Å²) < 4.78 is 0. The summed E-state index contributed by atoms with van der Waals surface area (Å²) in [6, 6.07) is 8.08. The van der Waals surface area contributed by atoms with E-state index < -0.39 is 12.0 Å². The highest BCUT2D eigenvalue weighted by molar-refractivity contribution is 6.00. The van der Waals surface area contributed by atoms with Gasteiger partial charge in [0.25, 0.3) is 0 Å². The van der Waals surface area contributed by atoms with Gasteiger partial charge in [0.15, 0.2) is 0 Å². The van der Waals surface area contributed by atoms with Gasteiger partial charge in [-0.25, -0.2) is 0 Å². The predicted octanol–water partition coefficient (Wildman–Crippen LogP) is 1.62. The Labute approximate surface area is 113 Å². The number of carbonyl (C=O) groups excluding carboxylic acids is 1. The third-order valence-corrected chi connectivity index (χ3v) is 2.81. The third-order valence-electron chi connectivity index (χ3n) is 2.81. The Morgan fingerprint density at radius 2 is 1.95 bits per heavy atom. The van der Waals surface area contributed by atoms with Crippen molar-refractivity contribution in [2.45, 2.75) is 32.2 Å². The maximum atomic E-state index is 12.2. The van der Waals surface area contributed by atoms with Gasteiger partial charge in [0, 0.05) is 5.69 Å². The minimum absolute atomic E-state index is 0.345. The van der Waals surface area contributed by atoms with Crippen LogP contribution in [0, 0.1) is 0 Å². The molecule has 1 rings (SSSR count). The Morgan fingerprint density at radius 1 is 1.32 bits per heavy atom. The molecule has 1 aromatic carbocycles. The van der Waals surface area contributed by atoms with Crippen LogP contribution in [-0.4, -0.2) is 29.6 Å². The average molecular weight is 264 g/mol. The second-order valence-corrected chi connectivity index (χ2v) is 4.40. The van der Waals surface area contributed by atoms with E-state index in [4.69, 9.17) is 10.8 Å². The van der Waals surface area contributed by atoms with Gasteiger partial charge in [-0.1, -0.05) is 38.0 Å². The molecule has 0 radical (unpaired) electrons. The molecule has 0 aliphatic carbocycles. The van der Waals surface area contributed by atoms with Crippen molar-refractivity contribution in [3.8, 4) is 0 Å². The van der Waals surface area contributed by atoms with E-state index in [9.17, 15) is 9.59 Å². The van der Waals surface area contributed by atoms with Crippen LogP contribution in [0.4, 0.5) is 5.69 Å². The molecule has 5 heteroatoms. The zero-order valence-electron chi connectivity index (χ0n) is 11.1. The lowest BCUT2D eigenvalue weighted by Gasteiger charge is -2.24. The highest BCUT2D eigenvalue weighted by Gasteiger charge is 2.23. The molecule has 0 heterocycles. The molecule has 104 valence electrons. The number of rotatable bonds is 7. The molecule has 0 aromatic heterocycles. The molecule has 0 saturated heterocycles. The van der Waals surface area contributed by atoms with Gasteiger partial charge in [-0.05, 0) is 18.6 Å². The van der Waals surface area contributed by atoms with Gasteiger partial charge < -0.3 is 10.8 Å². The number of unbranched alkanes of at least 4 members (excludes halogenated alkanes) is 1. The molecule has 5 nitrogen and oxygen atoms in total. The zero-order valence-corrected chi connectivity index (χ0v) is 11.1. The highest BCUT2D eigenvalue weighted by Crippen LogP contribution is 2.15. The van der Waals surface area contributed by atoms with Gasteiger partial charge in [-0.3, -0.25) is 14.5 Å². The van der Waals surface area contributed by atoms with Gasteiger partial charge in [-0.15, -0.1) is 0 Å². The number of anilines is 1. The number of hydrogen-bond donors (Lipinski definition) is 2. The van der Waals surface area contributed by atoms with Gasteiger partial charge in [0.1, 0.15) is 6.54 Å². The van der Waals surface area contributed by atoms with Crippen LogP contribution in [0.1, 0.15) is 26.2 Å². The summed E-state index contributed by atoms with van der Waals surface area (Å²) in [5, 5.41) is 8.92. The van der Waals surface area contributed by atoms with Crippen LogP contribution in [0.25, 0.3) is 0 Å². The van der Waals surface area contributed by atoms with E-state index in [1.54, 1.807) is 24.3 Å². The first-order chi connectivity index (χ1) is 9.06. The lowest BCUT2D eigenvalue weighted by molar-refractivity contribution is -0.136. The van der Waals surface area contributed by atoms with E-state index in [1.165, 1.54) is 4.90 Å². The van der Waals surface area contributed by atoms with Crippen LogP contribution in [0.15, 0.2) is 30.3 Å². The summed E-state index contributed by atoms with van der Waals surface area (Å²) in [6.45, 7) is 1.64. The van der Waals surface area contributed by atoms with Crippen LogP contribution in [-0.2, 0) is 9.59 Å². The number of amides is 1. The summed E-state index contributed by atoms with van der Waals surface area (Å²) in [6.07, 6.45) is 2.37. The van der Waals surface area contributed by atoms with E-state index in [0.717, 1.165) is 12.8 Å². The number of carboxylic acids is 1. The molecule has 0 fully saturated rings. The first-order valence-electron chi connectivity index (χ1n) is 6.40. The quantitative estimate of drug-likeness (QED) is 0.784. The lowest BCUT2D eigenvalue weighted by Crippen LogP contribution is -2.46. The van der Waals surface area contributed by atoms with Gasteiger partial charge >= 0.3 is 5.97 Å². The molecule has 0 aliphatic heterocycles. The molecular weight excluding hydrogens is 244 g/mol. The van der Waals surface area contributed by atoms with E-state index >= 15 is 0 Å². The minimum Gasteiger partial charge on any atom is -0.480 e. The Kier molecular flexibility index (Phi) is 6.02. The summed E-state index contributed by atoms with van der Waals surface area (Å²) >= 11 is 0. The predicted molar refractivity (Wildman–Crippen MR) is 73.9 cm³/mol. The summed E-state index contributed by atoms with van der Waals surface area (Å²) in [5.41, 5.74) is 6.39. The number of hydrogen-bond acceptors (Lipinski definition) is 3. The molecule has 1 amide bonds. The monoisotopic (exact) mass is 264 g/mol. The van der Waals surface area contributed by atoms with E-state index in [2.05, 4.69) is 0 Å². The van der Waals surface area contributed by atoms with Crippen molar-refractivity contribution in [1.82, 2.24) is 0 Å². The van der Waals surface area contributed by atoms with Crippen molar-refractivity contribution in [2.24, 2.45) is 5.73 Å². The topological polar surface area (TPSA) is 83.6 Å². The molecule has 1 aromatic rings. The fraction of sp³-hybridized carbons (Fsp3) is 0.429. The Hall–Kier alpha value is -1.88. The third kappa shape index (κ3) is 4.71. The Morgan fingerprint density at radius 3 is 2.47 bits per heavy atom. The first-order valence-corrected chi connectivity index (χ1v) is 6.40. The van der Waals surface area contributed by atoms with Crippen LogP contribution in [0.3, 0.4) is 0 Å². The second kappa shape index (κ2) is 7.53. The molecule has 3 N–H and O–H groups in total. The number of carboxylic acid groups (broad SMARTS) is 1. The maximum absolute atomic E-state index is 12.2. The molecule has 0 bridgehead atoms. The number of para-hydroxylation sites is 1. The Bertz CT molecular complexity index is 420. The summed E-state index contributed by atoms with van der Waals surface area (Å²) in [4.78, 5) is 24.3. The number of nitrogens with zero attached hydrogens (tertiary/aromatic N) is 1. The van der Waals surface area contributed by atoms with Crippen molar-refractivity contribution in [3.63, 3.8) is 0 Å². The fourth-order valence-corrected chi connectivity index (χ4v) is 1.79. The summed E-state index contributed by atoms with van der Waals surface area (Å²) in [5.74, 6) is -1.40. The van der Waals surface area contributed by atoms with Crippen LogP contribution >= 0.6 is 0 Å². The minimum atomic E-state index is -1.06. The van der Waals surface area contributed by atoms with Crippen molar-refractivity contribution < 1.29 is 14.7 Å². The van der Waals surface area contributed by atoms with Crippen LogP contribution < -0.4 is 10.6 Å². The standard InChI is InChI=1S/C14H20N2O3/c1-2-3-9-12(15)14(19)16(10-13(17)18)11-7-5-4-6-8-11/h4-8,12H,2-3,9-10,15H2,1H3,(H,17,18)/t12-/m0/s1. The van der Waals surface area contributed by atoms with Crippen LogP contribution in [0.5, 0.6) is 0 Å². The molecule has 1 atom stereocenters. The normalized spacial score (nSPS) is 11.9.